The summed E-state index contributed by atoms with van der Waals surface area (Å²) in [7, 11) is 0. The third kappa shape index (κ3) is 11.4. The van der Waals surface area contributed by atoms with Crippen LogP contribution >= 0.6 is 0 Å². The van der Waals surface area contributed by atoms with Crippen molar-refractivity contribution in [3.63, 3.8) is 0 Å². The summed E-state index contributed by atoms with van der Waals surface area (Å²) in [6.45, 7) is 8.65. The summed E-state index contributed by atoms with van der Waals surface area (Å²) in [5, 5.41) is 0. The SMILES string of the molecule is CC(C)=CCCC(C)=CCC/C(C)=C/CCC=O. The van der Waals surface area contributed by atoms with Crippen molar-refractivity contribution in [1.82, 2.24) is 0 Å². The first kappa shape index (κ1) is 16.9. The van der Waals surface area contributed by atoms with Gasteiger partial charge in [-0.1, -0.05) is 34.9 Å². The molecule has 0 bridgehead atoms. The summed E-state index contributed by atoms with van der Waals surface area (Å²) in [6, 6.07) is 0. The molecule has 0 aromatic carbocycles. The molecule has 0 saturated carbocycles. The Labute approximate surface area is 113 Å². The van der Waals surface area contributed by atoms with Gasteiger partial charge in [0.25, 0.3) is 0 Å². The highest BCUT2D eigenvalue weighted by Crippen LogP contribution is 2.11. The Balaban J connectivity index is 3.82. The Morgan fingerprint density at radius 3 is 1.72 bits per heavy atom. The van der Waals surface area contributed by atoms with Crippen molar-refractivity contribution >= 4 is 6.29 Å². The van der Waals surface area contributed by atoms with E-state index in [4.69, 9.17) is 0 Å². The number of aldehydes is 1. The third-order valence-corrected chi connectivity index (χ3v) is 2.90. The average molecular weight is 248 g/mol. The summed E-state index contributed by atoms with van der Waals surface area (Å²) in [6.07, 6.45) is 13.9. The van der Waals surface area contributed by atoms with Crippen molar-refractivity contribution < 1.29 is 4.79 Å². The molecule has 1 nitrogen and oxygen atoms in total. The fraction of sp³-hybridized carbons (Fsp3) is 0.588. The van der Waals surface area contributed by atoms with E-state index in [1.165, 1.54) is 23.1 Å². The lowest BCUT2D eigenvalue weighted by atomic mass is 10.1. The zero-order valence-corrected chi connectivity index (χ0v) is 12.5. The highest BCUT2D eigenvalue weighted by atomic mass is 16.1. The van der Waals surface area contributed by atoms with Crippen LogP contribution in [0.4, 0.5) is 0 Å². The maximum Gasteiger partial charge on any atom is 0.120 e. The molecule has 0 aromatic rings. The number of allylic oxidation sites excluding steroid dienone is 6. The minimum Gasteiger partial charge on any atom is -0.303 e. The Bertz CT molecular complexity index is 315. The molecule has 0 amide bonds. The number of carbonyl (C=O) groups excluding carboxylic acids is 1. The van der Waals surface area contributed by atoms with Gasteiger partial charge in [-0.2, -0.15) is 0 Å². The van der Waals surface area contributed by atoms with Gasteiger partial charge in [0.05, 0.1) is 0 Å². The van der Waals surface area contributed by atoms with Crippen LogP contribution in [0.3, 0.4) is 0 Å². The van der Waals surface area contributed by atoms with E-state index in [-0.39, 0.29) is 0 Å². The van der Waals surface area contributed by atoms with E-state index in [0.717, 1.165) is 32.0 Å². The number of rotatable bonds is 9. The molecule has 0 rings (SSSR count). The van der Waals surface area contributed by atoms with Crippen molar-refractivity contribution in [1.29, 1.82) is 0 Å². The van der Waals surface area contributed by atoms with E-state index in [0.29, 0.717) is 6.42 Å². The first-order valence-corrected chi connectivity index (χ1v) is 6.94. The molecule has 0 radical (unpaired) electrons. The van der Waals surface area contributed by atoms with Crippen LogP contribution in [0.5, 0.6) is 0 Å². The molecule has 18 heavy (non-hydrogen) atoms. The zero-order valence-electron chi connectivity index (χ0n) is 12.5. The largest absolute Gasteiger partial charge is 0.303 e. The van der Waals surface area contributed by atoms with E-state index in [9.17, 15) is 4.79 Å². The number of unbranched alkanes of at least 4 members (excludes halogenated alkanes) is 1. The molecule has 102 valence electrons. The highest BCUT2D eigenvalue weighted by molar-refractivity contribution is 5.49. The fourth-order valence-electron chi connectivity index (χ4n) is 1.74. The second kappa shape index (κ2) is 11.0. The van der Waals surface area contributed by atoms with E-state index >= 15 is 0 Å². The Kier molecular flexibility index (Phi) is 10.3. The van der Waals surface area contributed by atoms with Gasteiger partial charge in [0.15, 0.2) is 0 Å². The third-order valence-electron chi connectivity index (χ3n) is 2.90. The molecule has 0 fully saturated rings. The predicted octanol–water partition coefficient (Wildman–Crippen LogP) is 5.38. The molecule has 0 saturated heterocycles. The molecule has 0 aliphatic carbocycles. The average Bonchev–Trinajstić information content (AvgIpc) is 2.29. The maximum atomic E-state index is 10.2. The molecule has 0 heterocycles. The summed E-state index contributed by atoms with van der Waals surface area (Å²) in [4.78, 5) is 10.2. The summed E-state index contributed by atoms with van der Waals surface area (Å²) in [5.41, 5.74) is 4.27. The molecule has 0 aliphatic heterocycles. The first-order chi connectivity index (χ1) is 8.56. The molecular formula is C17H28O. The monoisotopic (exact) mass is 248 g/mol. The molecule has 0 N–H and O–H groups in total. The van der Waals surface area contributed by atoms with Crippen molar-refractivity contribution in [2.75, 3.05) is 0 Å². The molecule has 0 atom stereocenters. The lowest BCUT2D eigenvalue weighted by Crippen LogP contribution is -1.81. The smallest absolute Gasteiger partial charge is 0.120 e. The van der Waals surface area contributed by atoms with Crippen LogP contribution in [-0.4, -0.2) is 6.29 Å². The minimum absolute atomic E-state index is 0.648. The van der Waals surface area contributed by atoms with Crippen LogP contribution in [0.1, 0.15) is 66.2 Å². The molecule has 0 aliphatic rings. The Hall–Kier alpha value is -1.11. The van der Waals surface area contributed by atoms with Crippen molar-refractivity contribution in [2.24, 2.45) is 0 Å². The standard InChI is InChI=1S/C17H28O/c1-15(2)9-7-11-17(4)13-8-12-16(3)10-5-6-14-18/h9-10,13-14H,5-8,11-12H2,1-4H3/b16-10+,17-13?. The van der Waals surface area contributed by atoms with E-state index in [2.05, 4.69) is 45.9 Å². The second-order valence-corrected chi connectivity index (χ2v) is 5.20. The van der Waals surface area contributed by atoms with Crippen molar-refractivity contribution in [3.8, 4) is 0 Å². The van der Waals surface area contributed by atoms with Gasteiger partial charge in [-0.3, -0.25) is 0 Å². The lowest BCUT2D eigenvalue weighted by molar-refractivity contribution is -0.107. The Morgan fingerprint density at radius 1 is 0.722 bits per heavy atom. The predicted molar refractivity (Wildman–Crippen MR) is 80.7 cm³/mol. The van der Waals surface area contributed by atoms with Crippen molar-refractivity contribution in [2.45, 2.75) is 66.2 Å². The van der Waals surface area contributed by atoms with E-state index in [1.807, 2.05) is 0 Å². The van der Waals surface area contributed by atoms with Gasteiger partial charge in [0, 0.05) is 6.42 Å². The van der Waals surface area contributed by atoms with E-state index < -0.39 is 0 Å². The van der Waals surface area contributed by atoms with Crippen LogP contribution < -0.4 is 0 Å². The maximum absolute atomic E-state index is 10.2. The topological polar surface area (TPSA) is 17.1 Å². The van der Waals surface area contributed by atoms with Gasteiger partial charge in [-0.25, -0.2) is 0 Å². The van der Waals surface area contributed by atoms with Gasteiger partial charge in [-0.15, -0.1) is 0 Å². The highest BCUT2D eigenvalue weighted by Gasteiger charge is 1.92. The van der Waals surface area contributed by atoms with Gasteiger partial charge < -0.3 is 4.79 Å². The Morgan fingerprint density at radius 2 is 1.22 bits per heavy atom. The first-order valence-electron chi connectivity index (χ1n) is 6.94. The van der Waals surface area contributed by atoms with Gasteiger partial charge in [0.1, 0.15) is 6.29 Å². The van der Waals surface area contributed by atoms with Gasteiger partial charge in [0.2, 0.25) is 0 Å². The summed E-state index contributed by atoms with van der Waals surface area (Å²) >= 11 is 0. The molecule has 0 aromatic heterocycles. The number of hydrogen-bond acceptors (Lipinski definition) is 1. The van der Waals surface area contributed by atoms with Gasteiger partial charge >= 0.3 is 0 Å². The number of carbonyl (C=O) groups is 1. The van der Waals surface area contributed by atoms with E-state index in [1.54, 1.807) is 0 Å². The number of hydrogen-bond donors (Lipinski definition) is 0. The van der Waals surface area contributed by atoms with Crippen LogP contribution in [-0.2, 0) is 4.79 Å². The lowest BCUT2D eigenvalue weighted by Gasteiger charge is -2.01. The molecular weight excluding hydrogens is 220 g/mol. The normalized spacial score (nSPS) is 12.4. The van der Waals surface area contributed by atoms with Crippen LogP contribution in [0.15, 0.2) is 34.9 Å². The van der Waals surface area contributed by atoms with Crippen LogP contribution in [0.25, 0.3) is 0 Å². The summed E-state index contributed by atoms with van der Waals surface area (Å²) < 4.78 is 0. The zero-order chi connectivity index (χ0) is 13.8. The van der Waals surface area contributed by atoms with Crippen LogP contribution in [0, 0.1) is 0 Å². The molecule has 0 unspecified atom stereocenters. The second-order valence-electron chi connectivity index (χ2n) is 5.20. The summed E-state index contributed by atoms with van der Waals surface area (Å²) in [5.74, 6) is 0. The quantitative estimate of drug-likeness (QED) is 0.304. The van der Waals surface area contributed by atoms with Crippen molar-refractivity contribution in [3.05, 3.63) is 34.9 Å². The van der Waals surface area contributed by atoms with Gasteiger partial charge in [-0.05, 0) is 59.8 Å². The van der Waals surface area contributed by atoms with Crippen LogP contribution in [0.2, 0.25) is 0 Å². The minimum atomic E-state index is 0.648. The molecule has 0 spiro atoms. The fourth-order valence-corrected chi connectivity index (χ4v) is 1.74. The molecule has 1 heteroatoms.